The predicted molar refractivity (Wildman–Crippen MR) is 263 cm³/mol. The number of aryl methyl sites for hydroxylation is 2. The second kappa shape index (κ2) is 20.7. The lowest BCUT2D eigenvalue weighted by molar-refractivity contribution is -0.136. The molecule has 8 rings (SSSR count). The van der Waals surface area contributed by atoms with Crippen molar-refractivity contribution in [1.29, 1.82) is 0 Å². The van der Waals surface area contributed by atoms with E-state index >= 15 is 0 Å². The van der Waals surface area contributed by atoms with Crippen LogP contribution < -0.4 is 26.4 Å². The van der Waals surface area contributed by atoms with Gasteiger partial charge in [-0.05, 0) is 160 Å². The largest absolute Gasteiger partial charge is 0.492 e. The number of anilines is 1. The van der Waals surface area contributed by atoms with Crippen molar-refractivity contribution in [2.75, 3.05) is 25.0 Å². The Morgan fingerprint density at radius 3 is 2.13 bits per heavy atom. The minimum Gasteiger partial charge on any atom is -0.492 e. The number of allylic oxidation sites excluding steroid dienone is 4. The number of aromatic amines is 3. The first-order valence-corrected chi connectivity index (χ1v) is 22.7. The summed E-state index contributed by atoms with van der Waals surface area (Å²) in [6.45, 7) is 9.65. The second-order valence-electron chi connectivity index (χ2n) is 17.1. The molecule has 0 unspecified atom stereocenters. The third kappa shape index (κ3) is 11.3. The lowest BCUT2D eigenvalue weighted by atomic mass is 9.98. The van der Waals surface area contributed by atoms with Gasteiger partial charge in [-0.2, -0.15) is 0 Å². The summed E-state index contributed by atoms with van der Waals surface area (Å²) < 4.78 is 5.93. The molecular weight excluding hydrogens is 847 g/mol. The number of nitrogens with one attached hydrogen (secondary N) is 6. The number of aliphatic carboxylic acids is 1. The van der Waals surface area contributed by atoms with E-state index in [1.54, 1.807) is 12.5 Å². The maximum Gasteiger partial charge on any atom is 0.303 e. The molecule has 2 aliphatic heterocycles. The first-order chi connectivity index (χ1) is 32.4. The molecule has 2 aliphatic rings. The predicted octanol–water partition coefficient (Wildman–Crippen LogP) is 8.13. The van der Waals surface area contributed by atoms with Crippen molar-refractivity contribution in [3.63, 3.8) is 0 Å². The van der Waals surface area contributed by atoms with Gasteiger partial charge < -0.3 is 46.5 Å². The SMILES string of the molecule is CC1=C(CCC(=O)O)c2cc3nc(cc4[nH]c(cc4C)cc4[nH]c(cc1n2)cc4C)C(C)=C3CCC(=O)N[C@@H](CCCCN)C(=O)NCCOc1ccc(CNc2cnc3nc[nH]c3c2)cc1. The molecule has 67 heavy (non-hydrogen) atoms. The molecule has 16 nitrogen and oxygen atoms in total. The normalized spacial score (nSPS) is 13.0. The Bertz CT molecular complexity index is 3050. The number of rotatable bonds is 19. The number of carboxylic acid groups (broad SMARTS) is 1. The van der Waals surface area contributed by atoms with E-state index in [0.717, 1.165) is 90.1 Å². The van der Waals surface area contributed by atoms with E-state index in [0.29, 0.717) is 61.6 Å². The number of ether oxygens (including phenoxy) is 1. The smallest absolute Gasteiger partial charge is 0.303 e. The maximum absolute atomic E-state index is 13.8. The van der Waals surface area contributed by atoms with Crippen LogP contribution in [0.1, 0.15) is 98.3 Å². The number of hydrogen-bond acceptors (Lipinski definition) is 10. The molecule has 8 bridgehead atoms. The highest BCUT2D eigenvalue weighted by Crippen LogP contribution is 2.37. The Morgan fingerprint density at radius 2 is 1.43 bits per heavy atom. The molecule has 6 aromatic rings. The van der Waals surface area contributed by atoms with E-state index in [2.05, 4.69) is 66.0 Å². The number of nitrogens with zero attached hydrogens (tertiary/aromatic N) is 4. The quantitative estimate of drug-likeness (QED) is 0.0361. The molecule has 1 aromatic carbocycles. The lowest BCUT2D eigenvalue weighted by Crippen LogP contribution is -2.47. The lowest BCUT2D eigenvalue weighted by Gasteiger charge is -2.19. The molecule has 0 saturated carbocycles. The van der Waals surface area contributed by atoms with Gasteiger partial charge in [-0.25, -0.2) is 19.9 Å². The number of pyridine rings is 1. The van der Waals surface area contributed by atoms with Crippen LogP contribution in [0.25, 0.3) is 55.5 Å². The number of hydrogen-bond donors (Lipinski definition) is 8. The van der Waals surface area contributed by atoms with Crippen molar-refractivity contribution < 1.29 is 24.2 Å². The van der Waals surface area contributed by atoms with Crippen molar-refractivity contribution in [3.05, 3.63) is 119 Å². The number of fused-ring (bicyclic) bond motifs is 9. The van der Waals surface area contributed by atoms with E-state index in [-0.39, 0.29) is 37.8 Å². The number of carboxylic acids is 1. The number of imidazole rings is 1. The first kappa shape index (κ1) is 46.0. The number of unbranched alkanes of at least 4 members (excludes halogenated alkanes) is 1. The van der Waals surface area contributed by atoms with E-state index in [4.69, 9.17) is 20.4 Å². The van der Waals surface area contributed by atoms with E-state index in [1.807, 2.05) is 69.3 Å². The van der Waals surface area contributed by atoms with Crippen molar-refractivity contribution in [2.24, 2.45) is 5.73 Å². The number of aromatic nitrogens is 7. The summed E-state index contributed by atoms with van der Waals surface area (Å²) in [5.41, 5.74) is 21.4. The van der Waals surface area contributed by atoms with Gasteiger partial charge in [0.2, 0.25) is 11.8 Å². The zero-order chi connectivity index (χ0) is 47.0. The molecule has 2 amide bonds. The summed E-state index contributed by atoms with van der Waals surface area (Å²) in [6, 6.07) is 21.1. The summed E-state index contributed by atoms with van der Waals surface area (Å²) in [7, 11) is 0. The molecule has 9 N–H and O–H groups in total. The molecule has 1 atom stereocenters. The van der Waals surface area contributed by atoms with Crippen molar-refractivity contribution in [3.8, 4) is 5.75 Å². The van der Waals surface area contributed by atoms with Crippen LogP contribution in [0.5, 0.6) is 5.75 Å². The summed E-state index contributed by atoms with van der Waals surface area (Å²) in [5.74, 6) is -0.779. The van der Waals surface area contributed by atoms with Crippen LogP contribution in [0.3, 0.4) is 0 Å². The Labute approximate surface area is 388 Å². The Balaban J connectivity index is 0.946. The molecule has 16 heteroatoms. The molecule has 0 saturated heterocycles. The fourth-order valence-electron chi connectivity index (χ4n) is 8.43. The van der Waals surface area contributed by atoms with Gasteiger partial charge in [0.25, 0.3) is 0 Å². The topological polar surface area (TPSA) is 242 Å². The van der Waals surface area contributed by atoms with Crippen LogP contribution in [0.2, 0.25) is 0 Å². The van der Waals surface area contributed by atoms with Gasteiger partial charge in [0, 0.05) is 41.5 Å². The molecule has 0 fully saturated rings. The van der Waals surface area contributed by atoms with E-state index in [9.17, 15) is 19.5 Å². The van der Waals surface area contributed by atoms with Gasteiger partial charge in [-0.1, -0.05) is 12.1 Å². The number of nitrogens with two attached hydrogens (primary N) is 1. The fraction of sp³-hybridized carbons (Fsp3) is 0.314. The minimum atomic E-state index is -0.893. The summed E-state index contributed by atoms with van der Waals surface area (Å²) in [5, 5.41) is 19.0. The third-order valence-corrected chi connectivity index (χ3v) is 12.2. The molecule has 0 aliphatic carbocycles. The Morgan fingerprint density at radius 1 is 0.761 bits per heavy atom. The van der Waals surface area contributed by atoms with Crippen LogP contribution in [0.15, 0.2) is 79.3 Å². The van der Waals surface area contributed by atoms with Crippen molar-refractivity contribution in [1.82, 2.24) is 45.5 Å². The summed E-state index contributed by atoms with van der Waals surface area (Å²) in [6.07, 6.45) is 5.89. The van der Waals surface area contributed by atoms with Crippen molar-refractivity contribution >= 4 is 79.0 Å². The molecule has 0 radical (unpaired) electrons. The van der Waals surface area contributed by atoms with Crippen LogP contribution >= 0.6 is 0 Å². The monoisotopic (exact) mass is 903 g/mol. The van der Waals surface area contributed by atoms with E-state index in [1.165, 1.54) is 0 Å². The number of amides is 2. The Hall–Kier alpha value is -7.59. The molecule has 346 valence electrons. The highest BCUT2D eigenvalue weighted by molar-refractivity contribution is 5.97. The standard InChI is InChI=1S/C51H57N11O5/c1-29-19-35-22-43-31(3)39(13-15-49(64)65)46(60-43)25-45-38(32(4)44(61-45)24-42-30(2)20-34(59-42)21-41(29)58-35)12-14-48(63)62-40(7-5-6-16-52)51(66)53-17-18-67-37-10-8-33(9-11-37)26-54-36-23-47-50(55-27-36)57-28-56-47/h8-11,19-25,27-28,40,54,58-59H,5-7,12-18,26,52H2,1-4H3,(H,53,66)(H,62,63)(H,64,65)(H,55,56,57)/t40-/m0/s1. The van der Waals surface area contributed by atoms with Gasteiger partial charge in [0.1, 0.15) is 18.4 Å². The zero-order valence-corrected chi connectivity index (χ0v) is 38.3. The van der Waals surface area contributed by atoms with Gasteiger partial charge in [0.05, 0.1) is 53.0 Å². The minimum absolute atomic E-state index is 0.0500. The second-order valence-corrected chi connectivity index (χ2v) is 17.1. The van der Waals surface area contributed by atoms with Gasteiger partial charge in [-0.15, -0.1) is 0 Å². The third-order valence-electron chi connectivity index (χ3n) is 12.2. The summed E-state index contributed by atoms with van der Waals surface area (Å²) >= 11 is 0. The van der Waals surface area contributed by atoms with Gasteiger partial charge >= 0.3 is 5.97 Å². The van der Waals surface area contributed by atoms with Gasteiger partial charge in [0.15, 0.2) is 5.65 Å². The highest BCUT2D eigenvalue weighted by Gasteiger charge is 2.24. The number of carbonyl (C=O) groups is 3. The average molecular weight is 904 g/mol. The average Bonchev–Trinajstić information content (AvgIpc) is 4.12. The van der Waals surface area contributed by atoms with Gasteiger partial charge in [-0.3, -0.25) is 14.4 Å². The summed E-state index contributed by atoms with van der Waals surface area (Å²) in [4.78, 5) is 67.8. The Kier molecular flexibility index (Phi) is 14.2. The molecule has 5 aromatic heterocycles. The zero-order valence-electron chi connectivity index (χ0n) is 38.3. The first-order valence-electron chi connectivity index (χ1n) is 22.7. The molecular formula is C51H57N11O5. The fourth-order valence-corrected chi connectivity index (χ4v) is 8.43. The molecule has 7 heterocycles. The molecule has 0 spiro atoms. The maximum atomic E-state index is 13.8. The number of carbonyl (C=O) groups excluding carboxylic acids is 2. The van der Waals surface area contributed by atoms with E-state index < -0.39 is 12.0 Å². The number of H-pyrrole nitrogens is 3. The van der Waals surface area contributed by atoms with Crippen LogP contribution in [0.4, 0.5) is 5.69 Å². The van der Waals surface area contributed by atoms with Crippen LogP contribution in [0, 0.1) is 13.8 Å². The van der Waals surface area contributed by atoms with Crippen LogP contribution in [-0.4, -0.2) is 83.5 Å². The number of benzene rings is 1. The van der Waals surface area contributed by atoms with Crippen LogP contribution in [-0.2, 0) is 20.9 Å². The highest BCUT2D eigenvalue weighted by atomic mass is 16.5. The van der Waals surface area contributed by atoms with Crippen molar-refractivity contribution in [2.45, 2.75) is 85.2 Å².